The van der Waals surface area contributed by atoms with Crippen molar-refractivity contribution in [2.45, 2.75) is 12.5 Å². The number of hydrogen-bond donors (Lipinski definition) is 1. The first-order chi connectivity index (χ1) is 6.61. The van der Waals surface area contributed by atoms with Gasteiger partial charge in [0.25, 0.3) is 0 Å². The Morgan fingerprint density at radius 3 is 2.93 bits per heavy atom. The average molecular weight is 221 g/mol. The zero-order chi connectivity index (χ0) is 10.3. The van der Waals surface area contributed by atoms with Crippen molar-refractivity contribution < 1.29 is 18.6 Å². The normalized spacial score (nSPS) is 20.1. The lowest BCUT2D eigenvalue weighted by Crippen LogP contribution is -2.16. The van der Waals surface area contributed by atoms with Crippen LogP contribution in [0.25, 0.3) is 0 Å². The standard InChI is InChI=1S/C9H7ClF2O2/c10-8-4(11)3-6-7(9(8)12)5(13)1-2-14-6/h3,5,13H,1-2H2/t5-/m1/s1. The van der Waals surface area contributed by atoms with E-state index in [2.05, 4.69) is 0 Å². The predicted octanol–water partition coefficient (Wildman–Crippen LogP) is 2.43. The molecule has 1 N–H and O–H groups in total. The summed E-state index contributed by atoms with van der Waals surface area (Å²) in [4.78, 5) is 0. The summed E-state index contributed by atoms with van der Waals surface area (Å²) in [6.45, 7) is 0.245. The second-order valence-electron chi connectivity index (χ2n) is 3.05. The van der Waals surface area contributed by atoms with Crippen molar-refractivity contribution in [3.05, 3.63) is 28.3 Å². The quantitative estimate of drug-likeness (QED) is 0.681. The molecule has 2 rings (SSSR count). The lowest BCUT2D eigenvalue weighted by atomic mass is 10.0. The summed E-state index contributed by atoms with van der Waals surface area (Å²) < 4.78 is 31.4. The fourth-order valence-electron chi connectivity index (χ4n) is 1.44. The van der Waals surface area contributed by atoms with Crippen LogP contribution in [0.1, 0.15) is 18.1 Å². The number of fused-ring (bicyclic) bond motifs is 1. The maximum absolute atomic E-state index is 13.4. The van der Waals surface area contributed by atoms with Gasteiger partial charge in [-0.2, -0.15) is 0 Å². The first-order valence-corrected chi connectivity index (χ1v) is 4.47. The molecule has 0 spiro atoms. The van der Waals surface area contributed by atoms with Crippen LogP contribution in [-0.2, 0) is 0 Å². The van der Waals surface area contributed by atoms with Crippen LogP contribution in [0, 0.1) is 11.6 Å². The Morgan fingerprint density at radius 1 is 1.50 bits per heavy atom. The van der Waals surface area contributed by atoms with Crippen molar-refractivity contribution in [1.82, 2.24) is 0 Å². The van der Waals surface area contributed by atoms with E-state index in [-0.39, 0.29) is 24.3 Å². The first-order valence-electron chi connectivity index (χ1n) is 4.09. The molecular weight excluding hydrogens is 214 g/mol. The van der Waals surface area contributed by atoms with Gasteiger partial charge in [-0.1, -0.05) is 11.6 Å². The highest BCUT2D eigenvalue weighted by atomic mass is 35.5. The average Bonchev–Trinajstić information content (AvgIpc) is 2.14. The zero-order valence-corrected chi connectivity index (χ0v) is 7.81. The van der Waals surface area contributed by atoms with Crippen LogP contribution in [0.4, 0.5) is 8.78 Å². The van der Waals surface area contributed by atoms with Gasteiger partial charge in [0.15, 0.2) is 5.82 Å². The number of aliphatic hydroxyl groups excluding tert-OH is 1. The molecule has 2 nitrogen and oxygen atoms in total. The molecule has 1 heterocycles. The first kappa shape index (κ1) is 9.68. The molecule has 0 aliphatic carbocycles. The lowest BCUT2D eigenvalue weighted by Gasteiger charge is -2.22. The molecule has 0 unspecified atom stereocenters. The highest BCUT2D eigenvalue weighted by Gasteiger charge is 2.27. The van der Waals surface area contributed by atoms with Gasteiger partial charge in [0.05, 0.1) is 18.3 Å². The number of ether oxygens (including phenoxy) is 1. The molecule has 0 fully saturated rings. The van der Waals surface area contributed by atoms with E-state index < -0.39 is 22.8 Å². The Morgan fingerprint density at radius 2 is 2.21 bits per heavy atom. The summed E-state index contributed by atoms with van der Waals surface area (Å²) in [5.41, 5.74) is -0.0531. The van der Waals surface area contributed by atoms with E-state index in [0.29, 0.717) is 0 Å². The topological polar surface area (TPSA) is 29.5 Å². The molecule has 1 aromatic rings. The Labute approximate surface area is 84.1 Å². The minimum absolute atomic E-state index is 0.0307. The molecule has 5 heteroatoms. The van der Waals surface area contributed by atoms with Gasteiger partial charge >= 0.3 is 0 Å². The van der Waals surface area contributed by atoms with Crippen LogP contribution >= 0.6 is 11.6 Å². The second kappa shape index (κ2) is 3.37. The molecule has 1 aliphatic heterocycles. The van der Waals surface area contributed by atoms with Gasteiger partial charge in [0.1, 0.15) is 16.6 Å². The fourth-order valence-corrected chi connectivity index (χ4v) is 1.60. The van der Waals surface area contributed by atoms with Crippen molar-refractivity contribution in [3.8, 4) is 5.75 Å². The van der Waals surface area contributed by atoms with Crippen LogP contribution in [0.5, 0.6) is 5.75 Å². The number of rotatable bonds is 0. The molecule has 0 saturated heterocycles. The number of benzene rings is 1. The van der Waals surface area contributed by atoms with E-state index >= 15 is 0 Å². The summed E-state index contributed by atoms with van der Waals surface area (Å²) in [6, 6.07) is 0.989. The summed E-state index contributed by atoms with van der Waals surface area (Å²) in [5.74, 6) is -1.78. The molecule has 14 heavy (non-hydrogen) atoms. The minimum atomic E-state index is -0.975. The lowest BCUT2D eigenvalue weighted by molar-refractivity contribution is 0.110. The van der Waals surface area contributed by atoms with Crippen LogP contribution in [0.15, 0.2) is 6.07 Å². The molecule has 0 amide bonds. The highest BCUT2D eigenvalue weighted by molar-refractivity contribution is 6.31. The van der Waals surface area contributed by atoms with E-state index in [1.165, 1.54) is 0 Å². The van der Waals surface area contributed by atoms with Gasteiger partial charge < -0.3 is 9.84 Å². The molecule has 0 radical (unpaired) electrons. The monoisotopic (exact) mass is 220 g/mol. The summed E-state index contributed by atoms with van der Waals surface area (Å²) in [6.07, 6.45) is -0.692. The van der Waals surface area contributed by atoms with E-state index in [9.17, 15) is 13.9 Å². The van der Waals surface area contributed by atoms with E-state index in [0.717, 1.165) is 6.07 Å². The Hall–Kier alpha value is -0.870. The van der Waals surface area contributed by atoms with Crippen LogP contribution < -0.4 is 4.74 Å². The number of hydrogen-bond acceptors (Lipinski definition) is 2. The molecule has 0 bridgehead atoms. The van der Waals surface area contributed by atoms with Crippen molar-refractivity contribution >= 4 is 11.6 Å². The number of aliphatic hydroxyl groups is 1. The Balaban J connectivity index is 2.64. The van der Waals surface area contributed by atoms with Gasteiger partial charge in [0.2, 0.25) is 0 Å². The smallest absolute Gasteiger partial charge is 0.154 e. The maximum Gasteiger partial charge on any atom is 0.154 e. The van der Waals surface area contributed by atoms with Gasteiger partial charge in [0, 0.05) is 12.5 Å². The van der Waals surface area contributed by atoms with Crippen molar-refractivity contribution in [3.63, 3.8) is 0 Å². The third-order valence-electron chi connectivity index (χ3n) is 2.14. The Bertz CT molecular complexity index is 382. The molecule has 1 aliphatic rings. The van der Waals surface area contributed by atoms with Gasteiger partial charge in [-0.15, -0.1) is 0 Å². The molecule has 0 aromatic heterocycles. The van der Waals surface area contributed by atoms with E-state index in [1.54, 1.807) is 0 Å². The minimum Gasteiger partial charge on any atom is -0.493 e. The van der Waals surface area contributed by atoms with Crippen LogP contribution in [0.3, 0.4) is 0 Å². The van der Waals surface area contributed by atoms with Crippen molar-refractivity contribution in [1.29, 1.82) is 0 Å². The largest absolute Gasteiger partial charge is 0.493 e. The van der Waals surface area contributed by atoms with Crippen molar-refractivity contribution in [2.24, 2.45) is 0 Å². The van der Waals surface area contributed by atoms with Crippen LogP contribution in [0.2, 0.25) is 5.02 Å². The summed E-state index contributed by atoms with van der Waals surface area (Å²) in [5, 5.41) is 8.85. The van der Waals surface area contributed by atoms with Gasteiger partial charge in [-0.25, -0.2) is 8.78 Å². The Kier molecular flexibility index (Phi) is 2.33. The summed E-state index contributed by atoms with van der Waals surface area (Å²) >= 11 is 5.36. The van der Waals surface area contributed by atoms with Crippen LogP contribution in [-0.4, -0.2) is 11.7 Å². The highest BCUT2D eigenvalue weighted by Crippen LogP contribution is 2.38. The second-order valence-corrected chi connectivity index (χ2v) is 3.43. The zero-order valence-electron chi connectivity index (χ0n) is 7.06. The molecule has 1 atom stereocenters. The summed E-state index contributed by atoms with van der Waals surface area (Å²) in [7, 11) is 0. The molecule has 1 aromatic carbocycles. The van der Waals surface area contributed by atoms with E-state index in [4.69, 9.17) is 16.3 Å². The van der Waals surface area contributed by atoms with Gasteiger partial charge in [-0.3, -0.25) is 0 Å². The SMILES string of the molecule is O[C@@H]1CCOc2cc(F)c(Cl)c(F)c21. The third kappa shape index (κ3) is 1.35. The third-order valence-corrected chi connectivity index (χ3v) is 2.49. The van der Waals surface area contributed by atoms with E-state index in [1.807, 2.05) is 0 Å². The fraction of sp³-hybridized carbons (Fsp3) is 0.333. The molecule has 0 saturated carbocycles. The number of halogens is 3. The van der Waals surface area contributed by atoms with Crippen molar-refractivity contribution in [2.75, 3.05) is 6.61 Å². The van der Waals surface area contributed by atoms with Gasteiger partial charge in [-0.05, 0) is 0 Å². The predicted molar refractivity (Wildman–Crippen MR) is 46.4 cm³/mol. The molecule has 76 valence electrons. The maximum atomic E-state index is 13.4. The molecular formula is C9H7ClF2O2.